The van der Waals surface area contributed by atoms with E-state index in [0.717, 1.165) is 89.9 Å². The van der Waals surface area contributed by atoms with Gasteiger partial charge < -0.3 is 24.0 Å². The first kappa shape index (κ1) is 26.9. The molecule has 38 heavy (non-hydrogen) atoms. The van der Waals surface area contributed by atoms with Gasteiger partial charge in [-0.3, -0.25) is 19.8 Å². The zero-order valence-electron chi connectivity index (χ0n) is 22.4. The highest BCUT2D eigenvalue weighted by Gasteiger charge is 2.45. The molecule has 1 unspecified atom stereocenters. The Hall–Kier alpha value is -2.69. The Labute approximate surface area is 224 Å². The number of likely N-dealkylation sites (tertiary alicyclic amines) is 2. The maximum atomic E-state index is 12.6. The molecule has 0 bridgehead atoms. The van der Waals surface area contributed by atoms with Crippen molar-refractivity contribution in [3.63, 3.8) is 0 Å². The Balaban J connectivity index is 1.30. The topological polar surface area (TPSA) is 101 Å². The fraction of sp³-hybridized carbons (Fsp3) is 0.679. The number of nitrogens with zero attached hydrogens (tertiary/aromatic N) is 3. The van der Waals surface area contributed by atoms with Gasteiger partial charge in [-0.25, -0.2) is 4.79 Å². The van der Waals surface area contributed by atoms with Gasteiger partial charge in [0.15, 0.2) is 6.29 Å². The molecule has 1 N–H and O–H groups in total. The van der Waals surface area contributed by atoms with Crippen LogP contribution in [0.15, 0.2) is 18.2 Å². The van der Waals surface area contributed by atoms with Crippen molar-refractivity contribution in [3.8, 4) is 5.75 Å². The Morgan fingerprint density at radius 2 is 1.87 bits per heavy atom. The Morgan fingerprint density at radius 1 is 1.11 bits per heavy atom. The molecule has 4 fully saturated rings. The smallest absolute Gasteiger partial charge is 0.328 e. The highest BCUT2D eigenvalue weighted by molar-refractivity contribution is 6.06. The molecular formula is C28H40N4O6. The summed E-state index contributed by atoms with van der Waals surface area (Å²) in [5, 5.41) is 2.41. The van der Waals surface area contributed by atoms with Crippen LogP contribution in [0, 0.1) is 5.41 Å². The number of carbonyl (C=O) groups excluding carboxylic acids is 3. The molecule has 0 saturated carbocycles. The fourth-order valence-corrected chi connectivity index (χ4v) is 6.55. The van der Waals surface area contributed by atoms with Gasteiger partial charge in [-0.1, -0.05) is 6.07 Å². The lowest BCUT2D eigenvalue weighted by Crippen LogP contribution is -2.51. The SMILES string of the molecule is COc1ccc(C2CN(C=O)CCC23CCN(CCCC2OCCCO2)CC3)cc1N1CCC(=O)NC1=O. The second kappa shape index (κ2) is 12.0. The van der Waals surface area contributed by atoms with Crippen molar-refractivity contribution in [3.05, 3.63) is 23.8 Å². The molecule has 1 atom stereocenters. The molecule has 4 aliphatic rings. The molecule has 10 nitrogen and oxygen atoms in total. The van der Waals surface area contributed by atoms with E-state index in [0.29, 0.717) is 24.5 Å². The number of methoxy groups -OCH3 is 1. The number of benzene rings is 1. The van der Waals surface area contributed by atoms with Crippen molar-refractivity contribution in [2.45, 2.75) is 57.2 Å². The average molecular weight is 529 g/mol. The van der Waals surface area contributed by atoms with Crippen molar-refractivity contribution < 1.29 is 28.6 Å². The van der Waals surface area contributed by atoms with Crippen LogP contribution in [0.25, 0.3) is 0 Å². The lowest BCUT2D eigenvalue weighted by Gasteiger charge is -2.51. The standard InChI is InChI=1S/C28H40N4O6/c1-36-24-6-5-21(18-23(24)32-12-7-25(34)29-27(32)35)22-19-31(20-33)15-10-28(22)8-13-30(14-9-28)11-2-4-26-37-16-3-17-38-26/h5-6,18,20,22,26H,2-4,7-17,19H2,1H3,(H,29,34,35). The molecule has 208 valence electrons. The number of nitrogens with one attached hydrogen (secondary N) is 1. The molecule has 4 amide bonds. The summed E-state index contributed by atoms with van der Waals surface area (Å²) in [4.78, 5) is 42.1. The van der Waals surface area contributed by atoms with Gasteiger partial charge in [0.2, 0.25) is 12.3 Å². The number of imide groups is 1. The van der Waals surface area contributed by atoms with E-state index in [4.69, 9.17) is 14.2 Å². The third-order valence-corrected chi connectivity index (χ3v) is 8.81. The fourth-order valence-electron chi connectivity index (χ4n) is 6.55. The van der Waals surface area contributed by atoms with E-state index in [1.807, 2.05) is 17.0 Å². The minimum atomic E-state index is -0.429. The molecule has 5 rings (SSSR count). The number of rotatable bonds is 8. The van der Waals surface area contributed by atoms with E-state index in [1.165, 1.54) is 0 Å². The first-order chi connectivity index (χ1) is 18.5. The van der Waals surface area contributed by atoms with Crippen LogP contribution in [0.5, 0.6) is 5.75 Å². The molecule has 1 spiro atoms. The van der Waals surface area contributed by atoms with Crippen molar-refractivity contribution in [2.24, 2.45) is 5.41 Å². The second-order valence-electron chi connectivity index (χ2n) is 11.0. The van der Waals surface area contributed by atoms with E-state index in [2.05, 4.69) is 16.3 Å². The Morgan fingerprint density at radius 3 is 2.58 bits per heavy atom. The van der Waals surface area contributed by atoms with Gasteiger partial charge in [-0.15, -0.1) is 0 Å². The highest BCUT2D eigenvalue weighted by Crippen LogP contribution is 2.51. The summed E-state index contributed by atoms with van der Waals surface area (Å²) >= 11 is 0. The van der Waals surface area contributed by atoms with Crippen LogP contribution < -0.4 is 15.0 Å². The van der Waals surface area contributed by atoms with Crippen molar-refractivity contribution >= 4 is 24.0 Å². The summed E-state index contributed by atoms with van der Waals surface area (Å²) in [6, 6.07) is 5.59. The number of hydrogen-bond donors (Lipinski definition) is 1. The van der Waals surface area contributed by atoms with Crippen LogP contribution in [-0.4, -0.2) is 94.0 Å². The number of hydrogen-bond acceptors (Lipinski definition) is 7. The third-order valence-electron chi connectivity index (χ3n) is 8.81. The first-order valence-corrected chi connectivity index (χ1v) is 14.0. The zero-order chi connectivity index (χ0) is 26.5. The summed E-state index contributed by atoms with van der Waals surface area (Å²) in [7, 11) is 1.59. The minimum absolute atomic E-state index is 0.0543. The number of carbonyl (C=O) groups is 3. The van der Waals surface area contributed by atoms with Crippen LogP contribution >= 0.6 is 0 Å². The molecule has 0 aromatic heterocycles. The van der Waals surface area contributed by atoms with Crippen molar-refractivity contribution in [1.29, 1.82) is 0 Å². The van der Waals surface area contributed by atoms with E-state index in [-0.39, 0.29) is 30.0 Å². The van der Waals surface area contributed by atoms with E-state index in [9.17, 15) is 14.4 Å². The van der Waals surface area contributed by atoms with Crippen molar-refractivity contribution in [1.82, 2.24) is 15.1 Å². The third kappa shape index (κ3) is 5.82. The van der Waals surface area contributed by atoms with Gasteiger partial charge in [0, 0.05) is 32.0 Å². The molecule has 4 saturated heterocycles. The zero-order valence-corrected chi connectivity index (χ0v) is 22.4. The maximum absolute atomic E-state index is 12.6. The molecule has 1 aromatic carbocycles. The lowest BCUT2D eigenvalue weighted by molar-refractivity contribution is -0.182. The van der Waals surface area contributed by atoms with Crippen LogP contribution in [0.4, 0.5) is 10.5 Å². The molecule has 4 heterocycles. The van der Waals surface area contributed by atoms with E-state index < -0.39 is 6.03 Å². The Kier molecular flexibility index (Phi) is 8.50. The predicted molar refractivity (Wildman–Crippen MR) is 141 cm³/mol. The summed E-state index contributed by atoms with van der Waals surface area (Å²) < 4.78 is 17.0. The first-order valence-electron chi connectivity index (χ1n) is 14.0. The van der Waals surface area contributed by atoms with Gasteiger partial charge in [0.25, 0.3) is 0 Å². The molecule has 4 aliphatic heterocycles. The normalized spacial score (nSPS) is 24.9. The molecular weight excluding hydrogens is 488 g/mol. The number of urea groups is 1. The van der Waals surface area contributed by atoms with Gasteiger partial charge in [-0.05, 0) is 81.3 Å². The maximum Gasteiger partial charge on any atom is 0.328 e. The summed E-state index contributed by atoms with van der Waals surface area (Å²) in [5.41, 5.74) is 1.87. The van der Waals surface area contributed by atoms with Crippen molar-refractivity contribution in [2.75, 3.05) is 64.5 Å². The number of ether oxygens (including phenoxy) is 3. The van der Waals surface area contributed by atoms with Gasteiger partial charge >= 0.3 is 6.03 Å². The van der Waals surface area contributed by atoms with Crippen LogP contribution in [0.2, 0.25) is 0 Å². The monoisotopic (exact) mass is 528 g/mol. The van der Waals surface area contributed by atoms with Gasteiger partial charge in [-0.2, -0.15) is 0 Å². The Bertz CT molecular complexity index is 1010. The van der Waals surface area contributed by atoms with Crippen LogP contribution in [0.3, 0.4) is 0 Å². The van der Waals surface area contributed by atoms with Gasteiger partial charge in [0.05, 0.1) is 26.0 Å². The lowest BCUT2D eigenvalue weighted by atomic mass is 9.62. The number of piperidine rings is 2. The summed E-state index contributed by atoms with van der Waals surface area (Å²) in [6.45, 7) is 6.44. The second-order valence-corrected chi connectivity index (χ2v) is 11.0. The van der Waals surface area contributed by atoms with Crippen LogP contribution in [-0.2, 0) is 19.1 Å². The number of anilines is 1. The summed E-state index contributed by atoms with van der Waals surface area (Å²) in [6.07, 6.45) is 7.23. The van der Waals surface area contributed by atoms with Crippen LogP contribution in [0.1, 0.15) is 56.4 Å². The molecule has 10 heteroatoms. The van der Waals surface area contributed by atoms with E-state index >= 15 is 0 Å². The highest BCUT2D eigenvalue weighted by atomic mass is 16.7. The molecule has 0 radical (unpaired) electrons. The predicted octanol–water partition coefficient (Wildman–Crippen LogP) is 2.71. The average Bonchev–Trinajstić information content (AvgIpc) is 2.95. The summed E-state index contributed by atoms with van der Waals surface area (Å²) in [5.74, 6) is 0.489. The molecule has 0 aliphatic carbocycles. The number of amides is 4. The van der Waals surface area contributed by atoms with E-state index in [1.54, 1.807) is 12.0 Å². The van der Waals surface area contributed by atoms with Gasteiger partial charge in [0.1, 0.15) is 5.75 Å². The molecule has 1 aromatic rings. The minimum Gasteiger partial charge on any atom is -0.495 e. The quantitative estimate of drug-likeness (QED) is 0.518. The largest absolute Gasteiger partial charge is 0.495 e.